The van der Waals surface area contributed by atoms with Crippen LogP contribution >= 0.6 is 27.3 Å². The zero-order valence-electron chi connectivity index (χ0n) is 22.0. The van der Waals surface area contributed by atoms with E-state index >= 15 is 0 Å². The highest BCUT2D eigenvalue weighted by Crippen LogP contribution is 2.37. The normalized spacial score (nSPS) is 15.3. The first-order valence-corrected chi connectivity index (χ1v) is 13.7. The van der Waals surface area contributed by atoms with Crippen LogP contribution < -0.4 is 29.1 Å². The van der Waals surface area contributed by atoms with E-state index in [2.05, 4.69) is 20.9 Å². The number of rotatable bonds is 8. The van der Waals surface area contributed by atoms with Crippen molar-refractivity contribution in [3.63, 3.8) is 0 Å². The van der Waals surface area contributed by atoms with E-state index in [9.17, 15) is 9.59 Å². The SMILES string of the molecule is CCOc1ccc(/C=c2\sc3n(c2=O)[C@H](c2cc(Br)ccc2OC)C(C(=O)OC(C)C)=C(C)N=3)cc1OC. The van der Waals surface area contributed by atoms with E-state index in [0.717, 1.165) is 10.0 Å². The number of halogens is 1. The third-order valence-electron chi connectivity index (χ3n) is 5.86. The van der Waals surface area contributed by atoms with E-state index in [1.54, 1.807) is 47.1 Å². The summed E-state index contributed by atoms with van der Waals surface area (Å²) < 4.78 is 25.1. The molecule has 0 unspecified atom stereocenters. The minimum Gasteiger partial charge on any atom is -0.496 e. The van der Waals surface area contributed by atoms with Crippen LogP contribution in [0, 0.1) is 0 Å². The Hall–Kier alpha value is -3.37. The predicted octanol–water partition coefficient (Wildman–Crippen LogP) is 4.37. The highest BCUT2D eigenvalue weighted by Gasteiger charge is 2.35. The molecule has 0 saturated heterocycles. The minimum atomic E-state index is -0.790. The van der Waals surface area contributed by atoms with Crippen molar-refractivity contribution in [1.29, 1.82) is 0 Å². The summed E-state index contributed by atoms with van der Waals surface area (Å²) in [4.78, 5) is 32.4. The van der Waals surface area contributed by atoms with Crippen molar-refractivity contribution in [3.8, 4) is 17.2 Å². The number of nitrogens with zero attached hydrogens (tertiary/aromatic N) is 2. The van der Waals surface area contributed by atoms with E-state index in [1.165, 1.54) is 15.9 Å². The maximum atomic E-state index is 13.9. The minimum absolute atomic E-state index is 0.282. The Labute approximate surface area is 233 Å². The summed E-state index contributed by atoms with van der Waals surface area (Å²) in [5.41, 5.74) is 1.90. The smallest absolute Gasteiger partial charge is 0.338 e. The van der Waals surface area contributed by atoms with Crippen LogP contribution in [0.1, 0.15) is 44.9 Å². The second-order valence-electron chi connectivity index (χ2n) is 8.77. The van der Waals surface area contributed by atoms with Crippen LogP contribution in [0.15, 0.2) is 61.9 Å². The molecule has 10 heteroatoms. The topological polar surface area (TPSA) is 88.4 Å². The van der Waals surface area contributed by atoms with E-state index in [1.807, 2.05) is 37.3 Å². The Morgan fingerprint density at radius 1 is 1.13 bits per heavy atom. The fourth-order valence-corrected chi connectivity index (χ4v) is 5.70. The summed E-state index contributed by atoms with van der Waals surface area (Å²) in [5, 5.41) is 0. The first-order valence-electron chi connectivity index (χ1n) is 12.1. The van der Waals surface area contributed by atoms with Crippen molar-refractivity contribution >= 4 is 39.3 Å². The first kappa shape index (κ1) is 27.7. The first-order chi connectivity index (χ1) is 18.2. The molecule has 2 heterocycles. The number of hydrogen-bond acceptors (Lipinski definition) is 8. The summed E-state index contributed by atoms with van der Waals surface area (Å²) in [7, 11) is 3.12. The van der Waals surface area contributed by atoms with Crippen molar-refractivity contribution in [3.05, 3.63) is 83.0 Å². The van der Waals surface area contributed by atoms with Crippen molar-refractivity contribution in [1.82, 2.24) is 4.57 Å². The number of allylic oxidation sites excluding steroid dienone is 1. The second-order valence-corrected chi connectivity index (χ2v) is 10.7. The third-order valence-corrected chi connectivity index (χ3v) is 7.33. The molecule has 0 aliphatic carbocycles. The average Bonchev–Trinajstić information content (AvgIpc) is 3.17. The van der Waals surface area contributed by atoms with Gasteiger partial charge < -0.3 is 18.9 Å². The molecule has 8 nitrogen and oxygen atoms in total. The lowest BCUT2D eigenvalue weighted by atomic mass is 9.95. The average molecular weight is 602 g/mol. The maximum absolute atomic E-state index is 13.9. The van der Waals surface area contributed by atoms with Crippen molar-refractivity contribution in [2.75, 3.05) is 20.8 Å². The van der Waals surface area contributed by atoms with E-state index in [4.69, 9.17) is 18.9 Å². The van der Waals surface area contributed by atoms with Crippen LogP contribution in [0.25, 0.3) is 6.08 Å². The fourth-order valence-electron chi connectivity index (χ4n) is 4.27. The van der Waals surface area contributed by atoms with Crippen LogP contribution in [0.3, 0.4) is 0 Å². The van der Waals surface area contributed by atoms with Gasteiger partial charge in [0.2, 0.25) is 0 Å². The number of methoxy groups -OCH3 is 2. The number of carbonyl (C=O) groups is 1. The molecule has 3 aromatic rings. The van der Waals surface area contributed by atoms with Gasteiger partial charge in [-0.2, -0.15) is 0 Å². The van der Waals surface area contributed by atoms with Gasteiger partial charge in [-0.3, -0.25) is 9.36 Å². The number of esters is 1. The molecule has 0 amide bonds. The molecule has 1 aliphatic heterocycles. The fraction of sp³-hybridized carbons (Fsp3) is 0.321. The standard InChI is InChI=1S/C28H29BrN2O6S/c1-7-36-21-10-8-17(12-22(21)35-6)13-23-26(32)31-25(19-14-18(29)9-11-20(19)34-5)24(27(33)37-15(2)3)16(4)30-28(31)38-23/h8-15,25H,7H2,1-6H3/b23-13-/t25-/m1/s1. The molecule has 1 aromatic heterocycles. The van der Waals surface area contributed by atoms with Gasteiger partial charge in [0.1, 0.15) is 11.8 Å². The van der Waals surface area contributed by atoms with Crippen LogP contribution in [0.2, 0.25) is 0 Å². The number of benzene rings is 2. The Morgan fingerprint density at radius 3 is 2.50 bits per heavy atom. The largest absolute Gasteiger partial charge is 0.496 e. The van der Waals surface area contributed by atoms with Crippen LogP contribution in [-0.2, 0) is 9.53 Å². The number of fused-ring (bicyclic) bond motifs is 1. The Bertz CT molecular complexity index is 1590. The van der Waals surface area contributed by atoms with Gasteiger partial charge in [0.15, 0.2) is 16.3 Å². The second kappa shape index (κ2) is 11.6. The molecule has 200 valence electrons. The number of aromatic nitrogens is 1. The molecule has 1 atom stereocenters. The predicted molar refractivity (Wildman–Crippen MR) is 150 cm³/mol. The Balaban J connectivity index is 1.95. The van der Waals surface area contributed by atoms with Gasteiger partial charge in [-0.15, -0.1) is 0 Å². The highest BCUT2D eigenvalue weighted by atomic mass is 79.9. The zero-order valence-corrected chi connectivity index (χ0v) is 24.4. The van der Waals surface area contributed by atoms with E-state index < -0.39 is 12.0 Å². The molecule has 1 aliphatic rings. The van der Waals surface area contributed by atoms with Crippen LogP contribution in [0.4, 0.5) is 0 Å². The van der Waals surface area contributed by atoms with Gasteiger partial charge in [0, 0.05) is 10.0 Å². The van der Waals surface area contributed by atoms with Crippen molar-refractivity contribution in [2.45, 2.75) is 39.8 Å². The van der Waals surface area contributed by atoms with Crippen LogP contribution in [0.5, 0.6) is 17.2 Å². The molecule has 0 radical (unpaired) electrons. The molecule has 0 fully saturated rings. The number of hydrogen-bond donors (Lipinski definition) is 0. The summed E-state index contributed by atoms with van der Waals surface area (Å²) in [6.45, 7) is 7.72. The molecule has 4 rings (SSSR count). The lowest BCUT2D eigenvalue weighted by molar-refractivity contribution is -0.143. The zero-order chi connectivity index (χ0) is 27.6. The lowest BCUT2D eigenvalue weighted by Crippen LogP contribution is -2.40. The van der Waals surface area contributed by atoms with Crippen molar-refractivity contribution < 1.29 is 23.7 Å². The summed E-state index contributed by atoms with van der Waals surface area (Å²) in [6.07, 6.45) is 1.44. The van der Waals surface area contributed by atoms with E-state index in [0.29, 0.717) is 44.4 Å². The Morgan fingerprint density at radius 2 is 1.84 bits per heavy atom. The molecular weight excluding hydrogens is 572 g/mol. The van der Waals surface area contributed by atoms with E-state index in [-0.39, 0.29) is 17.2 Å². The molecule has 38 heavy (non-hydrogen) atoms. The number of carbonyl (C=O) groups excluding carboxylic acids is 1. The lowest BCUT2D eigenvalue weighted by Gasteiger charge is -2.26. The molecule has 0 spiro atoms. The van der Waals surface area contributed by atoms with Crippen LogP contribution in [-0.4, -0.2) is 37.5 Å². The molecule has 0 saturated carbocycles. The number of ether oxygens (including phenoxy) is 4. The quantitative estimate of drug-likeness (QED) is 0.357. The monoisotopic (exact) mass is 600 g/mol. The maximum Gasteiger partial charge on any atom is 0.338 e. The summed E-state index contributed by atoms with van der Waals surface area (Å²) in [5.74, 6) is 1.20. The third kappa shape index (κ3) is 5.42. The van der Waals surface area contributed by atoms with Gasteiger partial charge in [-0.1, -0.05) is 33.3 Å². The van der Waals surface area contributed by atoms with Crippen molar-refractivity contribution in [2.24, 2.45) is 4.99 Å². The van der Waals surface area contributed by atoms with Gasteiger partial charge >= 0.3 is 5.97 Å². The summed E-state index contributed by atoms with van der Waals surface area (Å²) >= 11 is 4.77. The Kier molecular flexibility index (Phi) is 8.42. The summed E-state index contributed by atoms with van der Waals surface area (Å²) in [6, 6.07) is 10.2. The molecule has 0 N–H and O–H groups in total. The van der Waals surface area contributed by atoms with Gasteiger partial charge in [-0.25, -0.2) is 9.79 Å². The molecular formula is C28H29BrN2O6S. The molecule has 2 aromatic carbocycles. The van der Waals surface area contributed by atoms with Gasteiger partial charge in [0.05, 0.1) is 42.7 Å². The highest BCUT2D eigenvalue weighted by molar-refractivity contribution is 9.10. The molecule has 0 bridgehead atoms. The number of thiazole rings is 1. The van der Waals surface area contributed by atoms with Gasteiger partial charge in [-0.05, 0) is 69.7 Å². The van der Waals surface area contributed by atoms with Gasteiger partial charge in [0.25, 0.3) is 5.56 Å².